The van der Waals surface area contributed by atoms with Crippen LogP contribution in [-0.2, 0) is 21.0 Å². The zero-order valence-corrected chi connectivity index (χ0v) is 21.1. The maximum Gasteiger partial charge on any atom is 0.416 e. The molecule has 1 aliphatic heterocycles. The lowest BCUT2D eigenvalue weighted by molar-refractivity contribution is -0.137. The van der Waals surface area contributed by atoms with E-state index in [9.17, 15) is 31.2 Å². The molecule has 0 bridgehead atoms. The van der Waals surface area contributed by atoms with Gasteiger partial charge in [0.1, 0.15) is 6.04 Å². The molecule has 0 saturated carbocycles. The number of carbonyl (C=O) groups is 2. The number of nitrogens with one attached hydrogen (secondary N) is 3. The van der Waals surface area contributed by atoms with Gasteiger partial charge >= 0.3 is 12.2 Å². The van der Waals surface area contributed by atoms with E-state index in [1.807, 2.05) is 18.2 Å². The first-order chi connectivity index (χ1) is 17.9. The second-order valence-electron chi connectivity index (χ2n) is 8.86. The van der Waals surface area contributed by atoms with Crippen LogP contribution in [0.15, 0.2) is 72.8 Å². The topological polar surface area (TPSA) is 108 Å². The molecule has 0 aliphatic carbocycles. The molecular formula is C26H25F3N4O4S. The maximum absolute atomic E-state index is 13.1. The molecule has 200 valence electrons. The number of amides is 3. The van der Waals surface area contributed by atoms with Gasteiger partial charge in [-0.25, -0.2) is 13.2 Å². The SMILES string of the molecule is CS(=O)(=O)Nc1cccc(-c2ccc(N3CCC[C@@H](NC(=O)Nc4ccc(C(F)(F)F)cc4)C3=O)cc2)c1. The number of benzene rings is 3. The van der Waals surface area contributed by atoms with E-state index >= 15 is 0 Å². The number of piperidine rings is 1. The Morgan fingerprint density at radius 3 is 2.26 bits per heavy atom. The molecule has 0 unspecified atom stereocenters. The Labute approximate surface area is 217 Å². The van der Waals surface area contributed by atoms with Crippen molar-refractivity contribution >= 4 is 39.0 Å². The first-order valence-electron chi connectivity index (χ1n) is 11.6. The van der Waals surface area contributed by atoms with Gasteiger partial charge in [0.15, 0.2) is 0 Å². The fourth-order valence-electron chi connectivity index (χ4n) is 4.14. The number of alkyl halides is 3. The highest BCUT2D eigenvalue weighted by Crippen LogP contribution is 2.30. The van der Waals surface area contributed by atoms with E-state index in [1.54, 1.807) is 35.2 Å². The molecule has 1 aliphatic rings. The van der Waals surface area contributed by atoms with Crippen molar-refractivity contribution in [3.05, 3.63) is 78.4 Å². The van der Waals surface area contributed by atoms with Crippen molar-refractivity contribution in [2.45, 2.75) is 25.1 Å². The molecule has 4 rings (SSSR count). The lowest BCUT2D eigenvalue weighted by atomic mass is 10.0. The van der Waals surface area contributed by atoms with E-state index in [1.165, 1.54) is 0 Å². The summed E-state index contributed by atoms with van der Waals surface area (Å²) in [5, 5.41) is 5.06. The first kappa shape index (κ1) is 27.0. The summed E-state index contributed by atoms with van der Waals surface area (Å²) in [7, 11) is -3.41. The van der Waals surface area contributed by atoms with Crippen molar-refractivity contribution in [2.75, 3.05) is 27.7 Å². The second kappa shape index (κ2) is 10.7. The van der Waals surface area contributed by atoms with Gasteiger partial charge in [-0.05, 0) is 72.5 Å². The molecular weight excluding hydrogens is 521 g/mol. The average molecular weight is 547 g/mol. The fourth-order valence-corrected chi connectivity index (χ4v) is 4.70. The van der Waals surface area contributed by atoms with Crippen LogP contribution < -0.4 is 20.3 Å². The Bertz CT molecular complexity index is 1430. The zero-order chi connectivity index (χ0) is 27.5. The zero-order valence-electron chi connectivity index (χ0n) is 20.2. The van der Waals surface area contributed by atoms with Crippen LogP contribution in [0.3, 0.4) is 0 Å². The number of hydrogen-bond donors (Lipinski definition) is 3. The number of sulfonamides is 1. The second-order valence-corrected chi connectivity index (χ2v) is 10.6. The highest BCUT2D eigenvalue weighted by Gasteiger charge is 2.32. The Morgan fingerprint density at radius 2 is 1.63 bits per heavy atom. The van der Waals surface area contributed by atoms with Crippen molar-refractivity contribution in [3.8, 4) is 11.1 Å². The van der Waals surface area contributed by atoms with Gasteiger partial charge in [-0.15, -0.1) is 0 Å². The predicted octanol–water partition coefficient (Wildman–Crippen LogP) is 5.06. The Kier molecular flexibility index (Phi) is 7.63. The lowest BCUT2D eigenvalue weighted by Crippen LogP contribution is -2.53. The number of rotatable bonds is 6. The van der Waals surface area contributed by atoms with Crippen LogP contribution in [0, 0.1) is 0 Å². The largest absolute Gasteiger partial charge is 0.416 e. The van der Waals surface area contributed by atoms with Gasteiger partial charge in [-0.3, -0.25) is 9.52 Å². The van der Waals surface area contributed by atoms with Crippen molar-refractivity contribution in [1.82, 2.24) is 5.32 Å². The molecule has 1 saturated heterocycles. The number of urea groups is 1. The monoisotopic (exact) mass is 546 g/mol. The van der Waals surface area contributed by atoms with Gasteiger partial charge in [0.05, 0.1) is 11.8 Å². The van der Waals surface area contributed by atoms with E-state index in [2.05, 4.69) is 15.4 Å². The molecule has 0 aromatic heterocycles. The van der Waals surface area contributed by atoms with Crippen LogP contribution in [0.25, 0.3) is 11.1 Å². The third-order valence-corrected chi connectivity index (χ3v) is 6.50. The molecule has 38 heavy (non-hydrogen) atoms. The van der Waals surface area contributed by atoms with Crippen molar-refractivity contribution in [1.29, 1.82) is 0 Å². The van der Waals surface area contributed by atoms with E-state index in [0.717, 1.165) is 41.6 Å². The molecule has 3 amide bonds. The molecule has 3 aromatic carbocycles. The minimum Gasteiger partial charge on any atom is -0.326 e. The third kappa shape index (κ3) is 6.82. The quantitative estimate of drug-likeness (QED) is 0.402. The Hall–Kier alpha value is -4.06. The van der Waals surface area contributed by atoms with Crippen LogP contribution in [0.1, 0.15) is 18.4 Å². The minimum atomic E-state index is -4.48. The summed E-state index contributed by atoms with van der Waals surface area (Å²) in [5.41, 5.74) is 2.02. The summed E-state index contributed by atoms with van der Waals surface area (Å²) in [6, 6.07) is 16.6. The fraction of sp³-hybridized carbons (Fsp3) is 0.231. The van der Waals surface area contributed by atoms with Gasteiger partial charge in [-0.2, -0.15) is 13.2 Å². The average Bonchev–Trinajstić information content (AvgIpc) is 2.84. The Balaban J connectivity index is 1.40. The van der Waals surface area contributed by atoms with E-state index in [0.29, 0.717) is 30.8 Å². The van der Waals surface area contributed by atoms with Gasteiger partial charge in [-0.1, -0.05) is 24.3 Å². The highest BCUT2D eigenvalue weighted by molar-refractivity contribution is 7.92. The summed E-state index contributed by atoms with van der Waals surface area (Å²) >= 11 is 0. The van der Waals surface area contributed by atoms with Crippen molar-refractivity contribution in [2.24, 2.45) is 0 Å². The summed E-state index contributed by atoms with van der Waals surface area (Å²) < 4.78 is 63.6. The number of nitrogens with zero attached hydrogens (tertiary/aromatic N) is 1. The summed E-state index contributed by atoms with van der Waals surface area (Å²) in [4.78, 5) is 27.1. The number of halogens is 3. The maximum atomic E-state index is 13.1. The van der Waals surface area contributed by atoms with Crippen LogP contribution >= 0.6 is 0 Å². The first-order valence-corrected chi connectivity index (χ1v) is 13.5. The summed E-state index contributed by atoms with van der Waals surface area (Å²) in [5.74, 6) is -0.300. The number of anilines is 3. The van der Waals surface area contributed by atoms with E-state index in [4.69, 9.17) is 0 Å². The smallest absolute Gasteiger partial charge is 0.326 e. The minimum absolute atomic E-state index is 0.169. The number of carbonyl (C=O) groups excluding carboxylic acids is 2. The van der Waals surface area contributed by atoms with Gasteiger partial charge in [0.25, 0.3) is 0 Å². The van der Waals surface area contributed by atoms with Gasteiger partial charge < -0.3 is 15.5 Å². The van der Waals surface area contributed by atoms with Crippen molar-refractivity contribution in [3.63, 3.8) is 0 Å². The molecule has 1 atom stereocenters. The standard InChI is InChI=1S/C26H25F3N4O4S/c1-38(36,37)32-21-5-2-4-18(16-21)17-7-13-22(14-8-17)33-15-3-6-23(24(33)34)31-25(35)30-20-11-9-19(10-12-20)26(27,28)29/h2,4-5,7-14,16,23,32H,3,6,15H2,1H3,(H2,30,31,35)/t23-/m1/s1. The predicted molar refractivity (Wildman–Crippen MR) is 139 cm³/mol. The summed E-state index contributed by atoms with van der Waals surface area (Å²) in [6.07, 6.45) is -2.34. The third-order valence-electron chi connectivity index (χ3n) is 5.89. The molecule has 1 heterocycles. The molecule has 1 fully saturated rings. The highest BCUT2D eigenvalue weighted by atomic mass is 32.2. The van der Waals surface area contributed by atoms with Crippen LogP contribution in [0.5, 0.6) is 0 Å². The number of hydrogen-bond acceptors (Lipinski definition) is 4. The van der Waals surface area contributed by atoms with Crippen molar-refractivity contribution < 1.29 is 31.2 Å². The van der Waals surface area contributed by atoms with Gasteiger partial charge in [0, 0.05) is 23.6 Å². The van der Waals surface area contributed by atoms with E-state index in [-0.39, 0.29) is 11.6 Å². The lowest BCUT2D eigenvalue weighted by Gasteiger charge is -2.32. The molecule has 3 N–H and O–H groups in total. The molecule has 0 radical (unpaired) electrons. The Morgan fingerprint density at radius 1 is 0.947 bits per heavy atom. The normalized spacial score (nSPS) is 16.2. The van der Waals surface area contributed by atoms with E-state index < -0.39 is 33.8 Å². The van der Waals surface area contributed by atoms with Crippen LogP contribution in [0.4, 0.5) is 35.0 Å². The molecule has 0 spiro atoms. The summed E-state index contributed by atoms with van der Waals surface area (Å²) in [6.45, 7) is 0.463. The molecule has 12 heteroatoms. The van der Waals surface area contributed by atoms with Crippen LogP contribution in [-0.4, -0.2) is 39.2 Å². The molecule has 8 nitrogen and oxygen atoms in total. The van der Waals surface area contributed by atoms with Gasteiger partial charge in [0.2, 0.25) is 15.9 Å². The van der Waals surface area contributed by atoms with Crippen LogP contribution in [0.2, 0.25) is 0 Å². The molecule has 3 aromatic rings.